The highest BCUT2D eigenvalue weighted by Crippen LogP contribution is 2.66. The van der Waals surface area contributed by atoms with E-state index in [0.29, 0.717) is 0 Å². The maximum atomic E-state index is 2.53. The first kappa shape index (κ1) is 46.5. The zero-order valence-corrected chi connectivity index (χ0v) is 48.6. The Hall–Kier alpha value is -11.7. The molecular formula is C90H46. The van der Waals surface area contributed by atoms with Gasteiger partial charge in [0.25, 0.3) is 0 Å². The second kappa shape index (κ2) is 16.3. The van der Waals surface area contributed by atoms with Crippen LogP contribution in [-0.2, 0) is 0 Å². The Bertz CT molecular complexity index is 5880. The molecule has 0 heterocycles. The molecule has 0 saturated heterocycles. The first-order valence-electron chi connectivity index (χ1n) is 31.7. The monoisotopic (exact) mass is 1130 g/mol. The second-order valence-electron chi connectivity index (χ2n) is 25.8. The predicted molar refractivity (Wildman–Crippen MR) is 380 cm³/mol. The predicted octanol–water partition coefficient (Wildman–Crippen LogP) is 25.2. The van der Waals surface area contributed by atoms with E-state index in [4.69, 9.17) is 0 Å². The molecule has 0 amide bonds. The van der Waals surface area contributed by atoms with Crippen LogP contribution in [0.2, 0.25) is 0 Å². The molecule has 0 N–H and O–H groups in total. The summed E-state index contributed by atoms with van der Waals surface area (Å²) >= 11 is 0. The molecule has 0 aromatic heterocycles. The van der Waals surface area contributed by atoms with Crippen molar-refractivity contribution in [2.75, 3.05) is 0 Å². The lowest BCUT2D eigenvalue weighted by Gasteiger charge is -2.23. The molecule has 23 rings (SSSR count). The number of hydrogen-bond donors (Lipinski definition) is 0. The van der Waals surface area contributed by atoms with E-state index in [0.717, 1.165) is 0 Å². The van der Waals surface area contributed by atoms with Crippen LogP contribution in [0, 0.1) is 0 Å². The van der Waals surface area contributed by atoms with Gasteiger partial charge in [-0.05, 0) is 243 Å². The van der Waals surface area contributed by atoms with E-state index in [9.17, 15) is 0 Å². The van der Waals surface area contributed by atoms with E-state index in [1.807, 2.05) is 0 Å². The normalized spacial score (nSPS) is 12.9. The maximum Gasteiger partial charge on any atom is -0.000718 e. The van der Waals surface area contributed by atoms with Crippen molar-refractivity contribution in [2.45, 2.75) is 0 Å². The molecular weight excluding hydrogens is 1080 g/mol. The van der Waals surface area contributed by atoms with Gasteiger partial charge in [-0.2, -0.15) is 0 Å². The fourth-order valence-corrected chi connectivity index (χ4v) is 18.6. The lowest BCUT2D eigenvalue weighted by Crippen LogP contribution is -1.95. The molecule has 0 nitrogen and oxygen atoms in total. The average Bonchev–Trinajstić information content (AvgIpc) is 1.50. The second-order valence-corrected chi connectivity index (χ2v) is 25.8. The summed E-state index contributed by atoms with van der Waals surface area (Å²) in [5, 5.41) is 15.8. The number of benzene rings is 17. The topological polar surface area (TPSA) is 0 Å². The molecule has 0 radical (unpaired) electrons. The molecule has 0 fully saturated rings. The maximum absolute atomic E-state index is 2.53. The van der Waals surface area contributed by atoms with Crippen molar-refractivity contribution in [3.05, 3.63) is 279 Å². The molecule has 0 atom stereocenters. The smallest absolute Gasteiger partial charge is 0.000718 e. The standard InChI is InChI=1S/C90H46/c1-5-19-51-47(15-1)57-25-11-29-61-55(33-35-67(51)79(57)61)71-39-40-72(56-34-36-68-52-20-6-2-16-48(52)58-26-12-30-62(56)80(58)68)86-76-44-46-78-88-77(45-43-75(85(71)86)87(76)88)89-83(73-41-37-69-53-21-7-3-17-49(53)59-27-13-31-63(73)81(59)69)65-23-9-10-24-66(65)84(90(78)89)74-42-38-70-54-22-8-4-18-50(54)60-28-14-32-64(74)82(60)70/h1-46H. The first-order chi connectivity index (χ1) is 44.7. The van der Waals surface area contributed by atoms with Crippen molar-refractivity contribution < 1.29 is 0 Å². The minimum Gasteiger partial charge on any atom is -0.0616 e. The quantitative estimate of drug-likeness (QED) is 0.165. The zero-order valence-electron chi connectivity index (χ0n) is 48.6. The lowest BCUT2D eigenvalue weighted by molar-refractivity contribution is 1.62. The Morgan fingerprint density at radius 3 is 0.600 bits per heavy atom. The molecule has 17 aromatic carbocycles. The minimum atomic E-state index is 1.27. The van der Waals surface area contributed by atoms with Crippen LogP contribution < -0.4 is 0 Å². The SMILES string of the molecule is c1ccc2c(c1)-c1cccc3c(-c4ccc(-c5ccc6c7c(cccc57)-c5ccccc5-6)c5c4-c4ccc6c7c(ccc-5c47)-c4c-6c(-c5ccc6c7c(cccc57)-c5ccccc5-6)c5ccccc5c4-c4ccc5c6c(cccc46)-c4ccccc4-5)ccc-2c13. The van der Waals surface area contributed by atoms with Gasteiger partial charge >= 0.3 is 0 Å². The van der Waals surface area contributed by atoms with E-state index in [-0.39, 0.29) is 0 Å². The third-order valence-electron chi connectivity index (χ3n) is 22.0. The first-order valence-corrected chi connectivity index (χ1v) is 31.7. The van der Waals surface area contributed by atoms with Gasteiger partial charge in [-0.25, -0.2) is 0 Å². The van der Waals surface area contributed by atoms with E-state index in [2.05, 4.69) is 279 Å². The summed E-state index contributed by atoms with van der Waals surface area (Å²) in [5.41, 5.74) is 41.7. The summed E-state index contributed by atoms with van der Waals surface area (Å²) in [5.74, 6) is 0. The van der Waals surface area contributed by atoms with Crippen LogP contribution in [0.5, 0.6) is 0 Å². The summed E-state index contributed by atoms with van der Waals surface area (Å²) in [6, 6.07) is 108. The highest BCUT2D eigenvalue weighted by atomic mass is 14.4. The van der Waals surface area contributed by atoms with Gasteiger partial charge in [0.1, 0.15) is 0 Å². The number of hydrogen-bond acceptors (Lipinski definition) is 0. The van der Waals surface area contributed by atoms with Gasteiger partial charge in [0.15, 0.2) is 0 Å². The van der Waals surface area contributed by atoms with Gasteiger partial charge in [0, 0.05) is 0 Å². The molecule has 0 bridgehead atoms. The molecule has 6 aliphatic carbocycles. The van der Waals surface area contributed by atoms with Crippen molar-refractivity contribution >= 4 is 64.6 Å². The third kappa shape index (κ3) is 5.43. The van der Waals surface area contributed by atoms with Crippen molar-refractivity contribution in [1.29, 1.82) is 0 Å². The Morgan fingerprint density at radius 2 is 0.289 bits per heavy atom. The summed E-state index contributed by atoms with van der Waals surface area (Å²) in [7, 11) is 0. The molecule has 0 heteroatoms. The van der Waals surface area contributed by atoms with Crippen molar-refractivity contribution in [3.63, 3.8) is 0 Å². The van der Waals surface area contributed by atoms with Crippen LogP contribution in [-0.4, -0.2) is 0 Å². The Morgan fingerprint density at radius 1 is 0.0889 bits per heavy atom. The summed E-state index contributed by atoms with van der Waals surface area (Å²) in [4.78, 5) is 0. The molecule has 6 aliphatic rings. The molecule has 0 unspecified atom stereocenters. The van der Waals surface area contributed by atoms with E-state index in [1.54, 1.807) is 0 Å². The van der Waals surface area contributed by atoms with E-state index < -0.39 is 0 Å². The van der Waals surface area contributed by atoms with Crippen LogP contribution in [0.15, 0.2) is 279 Å². The van der Waals surface area contributed by atoms with Crippen LogP contribution in [0.3, 0.4) is 0 Å². The van der Waals surface area contributed by atoms with Crippen LogP contribution in [0.4, 0.5) is 0 Å². The van der Waals surface area contributed by atoms with E-state index in [1.165, 1.54) is 243 Å². The zero-order chi connectivity index (χ0) is 57.9. The van der Waals surface area contributed by atoms with Crippen LogP contribution in [0.25, 0.3) is 243 Å². The minimum absolute atomic E-state index is 1.27. The molecule has 406 valence electrons. The van der Waals surface area contributed by atoms with Gasteiger partial charge in [-0.1, -0.05) is 279 Å². The Balaban J connectivity index is 0.848. The highest BCUT2D eigenvalue weighted by molar-refractivity contribution is 6.37. The summed E-state index contributed by atoms with van der Waals surface area (Å²) in [6.45, 7) is 0. The molecule has 0 spiro atoms. The fraction of sp³-hybridized carbons (Fsp3) is 0. The van der Waals surface area contributed by atoms with E-state index >= 15 is 0 Å². The van der Waals surface area contributed by atoms with Gasteiger partial charge in [-0.15, -0.1) is 0 Å². The van der Waals surface area contributed by atoms with Gasteiger partial charge < -0.3 is 0 Å². The molecule has 0 aliphatic heterocycles. The highest BCUT2D eigenvalue weighted by Gasteiger charge is 2.39. The lowest BCUT2D eigenvalue weighted by atomic mass is 9.80. The van der Waals surface area contributed by atoms with Gasteiger partial charge in [0.05, 0.1) is 0 Å². The number of fused-ring (bicyclic) bond motifs is 19. The Kier molecular flexibility index (Phi) is 8.41. The van der Waals surface area contributed by atoms with Crippen molar-refractivity contribution in [3.8, 4) is 178 Å². The molecule has 90 heavy (non-hydrogen) atoms. The molecule has 0 saturated carbocycles. The fourth-order valence-electron chi connectivity index (χ4n) is 18.6. The Labute approximate surface area is 518 Å². The third-order valence-corrected chi connectivity index (χ3v) is 22.0. The number of rotatable bonds is 4. The van der Waals surface area contributed by atoms with Crippen LogP contribution in [0.1, 0.15) is 0 Å². The largest absolute Gasteiger partial charge is 0.0616 e. The van der Waals surface area contributed by atoms with Crippen molar-refractivity contribution in [1.82, 2.24) is 0 Å². The summed E-state index contributed by atoms with van der Waals surface area (Å²) in [6.07, 6.45) is 0. The van der Waals surface area contributed by atoms with Crippen molar-refractivity contribution in [2.24, 2.45) is 0 Å². The summed E-state index contributed by atoms with van der Waals surface area (Å²) < 4.78 is 0. The van der Waals surface area contributed by atoms with Gasteiger partial charge in [0.2, 0.25) is 0 Å². The molecule has 17 aromatic rings. The van der Waals surface area contributed by atoms with Crippen LogP contribution >= 0.6 is 0 Å². The average molecular weight is 1130 g/mol. The van der Waals surface area contributed by atoms with Gasteiger partial charge in [-0.3, -0.25) is 0 Å².